The summed E-state index contributed by atoms with van der Waals surface area (Å²) in [6.07, 6.45) is -1.38. The van der Waals surface area contributed by atoms with Crippen molar-refractivity contribution in [3.05, 3.63) is 0 Å². The van der Waals surface area contributed by atoms with Crippen molar-refractivity contribution in [2.45, 2.75) is 6.04 Å². The maximum absolute atomic E-state index is 10.7. The van der Waals surface area contributed by atoms with Crippen molar-refractivity contribution < 1.29 is 24.2 Å². The Morgan fingerprint density at radius 3 is 2.58 bits per heavy atom. The molecule has 0 bridgehead atoms. The van der Waals surface area contributed by atoms with E-state index in [1.165, 1.54) is 0 Å². The fourth-order valence-corrected chi connectivity index (χ4v) is 0.698. The first-order chi connectivity index (χ1) is 5.61. The highest BCUT2D eigenvalue weighted by Crippen LogP contribution is 1.90. The Morgan fingerprint density at radius 2 is 2.25 bits per heavy atom. The molecule has 12 heavy (non-hydrogen) atoms. The number of carbonyl (C=O) groups is 3. The molecule has 0 aliphatic heterocycles. The van der Waals surface area contributed by atoms with Gasteiger partial charge in [-0.2, -0.15) is 12.6 Å². The van der Waals surface area contributed by atoms with E-state index in [-0.39, 0.29) is 12.2 Å². The number of carboxylic acid groups (broad SMARTS) is 1. The molecular formula is C5H7NO5S. The third kappa shape index (κ3) is 3.81. The molecule has 0 rings (SSSR count). The van der Waals surface area contributed by atoms with Crippen molar-refractivity contribution in [1.82, 2.24) is 5.32 Å². The van der Waals surface area contributed by atoms with Crippen LogP contribution in [0.1, 0.15) is 0 Å². The van der Waals surface area contributed by atoms with E-state index in [9.17, 15) is 14.4 Å². The Labute approximate surface area is 73.3 Å². The van der Waals surface area contributed by atoms with Crippen LogP contribution in [0.25, 0.3) is 0 Å². The zero-order valence-electron chi connectivity index (χ0n) is 5.89. The van der Waals surface area contributed by atoms with Crippen LogP contribution in [0.4, 0.5) is 4.79 Å². The maximum Gasteiger partial charge on any atom is 0.405 e. The number of thiol groups is 1. The van der Waals surface area contributed by atoms with E-state index in [4.69, 9.17) is 5.11 Å². The number of rotatable bonds is 4. The molecule has 0 aromatic rings. The smallest absolute Gasteiger partial charge is 0.405 e. The summed E-state index contributed by atoms with van der Waals surface area (Å²) in [5.74, 6) is -1.04. The highest BCUT2D eigenvalue weighted by atomic mass is 32.1. The number of nitrogens with one attached hydrogen (secondary N) is 1. The number of amides is 1. The number of carbonyl (C=O) groups excluding carboxylic acids is 2. The monoisotopic (exact) mass is 193 g/mol. The summed E-state index contributed by atoms with van der Waals surface area (Å²) in [4.78, 5) is 30.4. The van der Waals surface area contributed by atoms with Gasteiger partial charge in [-0.3, -0.25) is 4.79 Å². The van der Waals surface area contributed by atoms with E-state index in [0.717, 1.165) is 0 Å². The highest BCUT2D eigenvalue weighted by molar-refractivity contribution is 7.80. The lowest BCUT2D eigenvalue weighted by molar-refractivity contribution is -0.152. The Balaban J connectivity index is 4.04. The van der Waals surface area contributed by atoms with Gasteiger partial charge in [0, 0.05) is 5.75 Å². The highest BCUT2D eigenvalue weighted by Gasteiger charge is 2.19. The topological polar surface area (TPSA) is 92.7 Å². The van der Waals surface area contributed by atoms with Crippen LogP contribution in [0.2, 0.25) is 0 Å². The van der Waals surface area contributed by atoms with Crippen LogP contribution < -0.4 is 5.32 Å². The van der Waals surface area contributed by atoms with E-state index < -0.39 is 18.1 Å². The fourth-order valence-electron chi connectivity index (χ4n) is 0.458. The molecule has 6 nitrogen and oxygen atoms in total. The molecule has 68 valence electrons. The van der Waals surface area contributed by atoms with Crippen molar-refractivity contribution in [3.8, 4) is 0 Å². The zero-order valence-corrected chi connectivity index (χ0v) is 6.78. The molecule has 0 unspecified atom stereocenters. The molecule has 2 N–H and O–H groups in total. The van der Waals surface area contributed by atoms with Gasteiger partial charge < -0.3 is 15.2 Å². The first kappa shape index (κ1) is 10.8. The van der Waals surface area contributed by atoms with Crippen molar-refractivity contribution in [2.75, 3.05) is 5.75 Å². The molecule has 0 spiro atoms. The number of ether oxygens (including phenoxy) is 1. The van der Waals surface area contributed by atoms with Crippen LogP contribution in [-0.2, 0) is 14.3 Å². The number of hydrogen-bond donors (Lipinski definition) is 3. The van der Waals surface area contributed by atoms with Crippen LogP contribution in [0.15, 0.2) is 0 Å². The quantitative estimate of drug-likeness (QED) is 0.236. The minimum Gasteiger partial charge on any atom is -0.465 e. The molecule has 1 atom stereocenters. The van der Waals surface area contributed by atoms with Gasteiger partial charge in [0.15, 0.2) is 0 Å². The first-order valence-corrected chi connectivity index (χ1v) is 3.49. The van der Waals surface area contributed by atoms with Gasteiger partial charge in [-0.25, -0.2) is 9.59 Å². The van der Waals surface area contributed by atoms with E-state index >= 15 is 0 Å². The van der Waals surface area contributed by atoms with Gasteiger partial charge in [0.1, 0.15) is 6.04 Å². The lowest BCUT2D eigenvalue weighted by atomic mass is 10.3. The first-order valence-electron chi connectivity index (χ1n) is 2.86. The third-order valence-corrected chi connectivity index (χ3v) is 1.29. The van der Waals surface area contributed by atoms with E-state index in [2.05, 4.69) is 17.4 Å². The summed E-state index contributed by atoms with van der Waals surface area (Å²) >= 11 is 3.68. The van der Waals surface area contributed by atoms with Crippen molar-refractivity contribution in [2.24, 2.45) is 0 Å². The Kier molecular flexibility index (Phi) is 4.86. The average Bonchev–Trinajstić information content (AvgIpc) is 2.00. The number of esters is 1. The standard InChI is InChI=1S/C5H7NO5S/c7-2-11-4(8)3(1-12)6-5(9)10/h2-3,6,12H,1H2,(H,9,10)/t3-/m0/s1. The summed E-state index contributed by atoms with van der Waals surface area (Å²) in [6, 6.07) is -1.11. The third-order valence-electron chi connectivity index (χ3n) is 0.929. The van der Waals surface area contributed by atoms with Gasteiger partial charge in [0.2, 0.25) is 0 Å². The van der Waals surface area contributed by atoms with Crippen molar-refractivity contribution in [3.63, 3.8) is 0 Å². The van der Waals surface area contributed by atoms with Crippen LogP contribution in [0.3, 0.4) is 0 Å². The molecule has 0 heterocycles. The van der Waals surface area contributed by atoms with Crippen LogP contribution in [0, 0.1) is 0 Å². The Bertz CT molecular complexity index is 194. The zero-order chi connectivity index (χ0) is 9.56. The van der Waals surface area contributed by atoms with Gasteiger partial charge in [0.05, 0.1) is 0 Å². The van der Waals surface area contributed by atoms with Gasteiger partial charge in [-0.05, 0) is 0 Å². The normalized spacial score (nSPS) is 11.4. The lowest BCUT2D eigenvalue weighted by Gasteiger charge is -2.09. The molecule has 0 aliphatic carbocycles. The van der Waals surface area contributed by atoms with Crippen molar-refractivity contribution >= 4 is 31.2 Å². The Morgan fingerprint density at radius 1 is 1.67 bits per heavy atom. The van der Waals surface area contributed by atoms with Gasteiger partial charge in [0.25, 0.3) is 0 Å². The molecule has 0 saturated heterocycles. The SMILES string of the molecule is O=COC(=O)[C@H](CS)NC(=O)O. The van der Waals surface area contributed by atoms with Gasteiger partial charge in [-0.15, -0.1) is 0 Å². The second-order valence-electron chi connectivity index (χ2n) is 1.72. The second kappa shape index (κ2) is 5.42. The van der Waals surface area contributed by atoms with Gasteiger partial charge in [-0.1, -0.05) is 0 Å². The second-order valence-corrected chi connectivity index (χ2v) is 2.08. The molecule has 7 heteroatoms. The van der Waals surface area contributed by atoms with Crippen LogP contribution >= 0.6 is 12.6 Å². The summed E-state index contributed by atoms with van der Waals surface area (Å²) in [5, 5.41) is 10.0. The molecule has 0 aromatic carbocycles. The Hall–Kier alpha value is -1.24. The summed E-state index contributed by atoms with van der Waals surface area (Å²) in [6.45, 7) is -0.0672. The lowest BCUT2D eigenvalue weighted by Crippen LogP contribution is -2.42. The molecule has 0 aromatic heterocycles. The molecule has 0 radical (unpaired) electrons. The number of hydrogen-bond acceptors (Lipinski definition) is 5. The summed E-state index contributed by atoms with van der Waals surface area (Å²) in [7, 11) is 0. The largest absolute Gasteiger partial charge is 0.465 e. The fraction of sp³-hybridized carbons (Fsp3) is 0.400. The summed E-state index contributed by atoms with van der Waals surface area (Å²) in [5.41, 5.74) is 0. The summed E-state index contributed by atoms with van der Waals surface area (Å²) < 4.78 is 3.90. The van der Waals surface area contributed by atoms with Gasteiger partial charge >= 0.3 is 18.5 Å². The maximum atomic E-state index is 10.7. The molecule has 0 saturated carbocycles. The van der Waals surface area contributed by atoms with E-state index in [0.29, 0.717) is 0 Å². The van der Waals surface area contributed by atoms with Crippen LogP contribution in [0.5, 0.6) is 0 Å². The minimum atomic E-state index is -1.38. The molecular weight excluding hydrogens is 186 g/mol. The molecule has 1 amide bonds. The molecule has 0 aliphatic rings. The van der Waals surface area contributed by atoms with E-state index in [1.54, 1.807) is 0 Å². The predicted molar refractivity (Wildman–Crippen MR) is 41.0 cm³/mol. The molecule has 0 fully saturated rings. The van der Waals surface area contributed by atoms with Crippen LogP contribution in [-0.4, -0.2) is 35.4 Å². The van der Waals surface area contributed by atoms with Crippen molar-refractivity contribution in [1.29, 1.82) is 0 Å². The average molecular weight is 193 g/mol. The predicted octanol–water partition coefficient (Wildman–Crippen LogP) is -0.748. The van der Waals surface area contributed by atoms with E-state index in [1.807, 2.05) is 5.32 Å². The minimum absolute atomic E-state index is 0.0672.